The molecular weight excluding hydrogens is 1470 g/mol. The van der Waals surface area contributed by atoms with Gasteiger partial charge in [-0.1, -0.05) is 70.7 Å². The molecule has 2 N–H and O–H groups in total. The normalized spacial score (nSPS) is 18.9. The van der Waals surface area contributed by atoms with Crippen LogP contribution in [0, 0.1) is 80.9 Å². The molecule has 9 rings (SSSR count). The molecule has 19 nitrogen and oxygen atoms in total. The summed E-state index contributed by atoms with van der Waals surface area (Å²) in [4.78, 5) is 127. The average molecular weight is 1580 g/mol. The number of aromatic carboxylic acids is 1. The Bertz CT molecular complexity index is 4230. The van der Waals surface area contributed by atoms with E-state index in [0.717, 1.165) is 77.1 Å². The maximum Gasteiger partial charge on any atom is 0.350 e. The highest BCUT2D eigenvalue weighted by molar-refractivity contribution is 9.10. The van der Waals surface area contributed by atoms with E-state index in [2.05, 4.69) is 99.3 Å². The van der Waals surface area contributed by atoms with Gasteiger partial charge in [0.05, 0.1) is 57.9 Å². The van der Waals surface area contributed by atoms with Crippen LogP contribution in [-0.2, 0) is 38.2 Å². The van der Waals surface area contributed by atoms with E-state index >= 15 is 0 Å². The Morgan fingerprint density at radius 2 is 0.838 bits per heavy atom. The fourth-order valence-corrected chi connectivity index (χ4v) is 15.9. The summed E-state index contributed by atoms with van der Waals surface area (Å²) < 4.78 is 15.3. The second-order valence-corrected chi connectivity index (χ2v) is 36.0. The van der Waals surface area contributed by atoms with Crippen LogP contribution in [0.2, 0.25) is 0 Å². The summed E-state index contributed by atoms with van der Waals surface area (Å²) in [5.41, 5.74) is 3.29. The van der Waals surface area contributed by atoms with E-state index < -0.39 is 30.0 Å². The molecule has 5 atom stereocenters. The first-order valence-corrected chi connectivity index (χ1v) is 39.4. The number of thiophene rings is 4. The monoisotopic (exact) mass is 1570 g/mol. The van der Waals surface area contributed by atoms with Crippen molar-refractivity contribution in [1.29, 1.82) is 0 Å². The number of halogens is 1. The van der Waals surface area contributed by atoms with E-state index in [1.165, 1.54) is 71.4 Å². The number of rotatable bonds is 12. The number of hydrogen-bond acceptors (Lipinski definition) is 17. The number of carbonyl (C=O) groups excluding carboxylic acids is 8. The largest absolute Gasteiger partial charge is 0.477 e. The summed E-state index contributed by atoms with van der Waals surface area (Å²) in [6, 6.07) is 5.49. The maximum absolute atomic E-state index is 13.9. The molecule has 0 spiro atoms. The Kier molecular flexibility index (Phi) is 30.7. The van der Waals surface area contributed by atoms with Gasteiger partial charge >= 0.3 is 23.9 Å². The molecule has 105 heavy (non-hydrogen) atoms. The third kappa shape index (κ3) is 25.1. The maximum atomic E-state index is 13.9. The Hall–Kier alpha value is -7.97. The van der Waals surface area contributed by atoms with Gasteiger partial charge in [0.15, 0.2) is 0 Å². The summed E-state index contributed by atoms with van der Waals surface area (Å²) in [6.07, 6.45) is 12.9. The van der Waals surface area contributed by atoms with E-state index in [-0.39, 0.29) is 79.9 Å². The fourth-order valence-electron chi connectivity index (χ4n) is 11.6. The number of carboxylic acids is 1. The zero-order valence-electron chi connectivity index (χ0n) is 64.6. The molecule has 7 heterocycles. The van der Waals surface area contributed by atoms with Crippen LogP contribution in [-0.4, -0.2) is 153 Å². The van der Waals surface area contributed by atoms with Gasteiger partial charge in [-0.25, -0.2) is 19.2 Å². The molecule has 3 saturated heterocycles. The third-order valence-corrected chi connectivity index (χ3v) is 22.2. The standard InChI is InChI=1S/C26H34N2O4S.C25H32N2O4S.C18H24N2O3S.C12H13BrO2S/c1-17-9-11-18(12-10-17)23(29)28(20-8-7-15-27(5)24(20)30)21-16-19(13-14-26(2,3)4)33-22(21)25(31)32-6;1-16-8-10-17(11-9-16)22(28)27(19-7-6-14-26(5)23(19)29)20-15-18(12-13-25(2,3)4)32-21(20)24(30)31;1-18(2,3)9-8-12-11-14(15(24-12)17(22)23-5)19-13-7-6-10-20(4)16(13)21;1-12(2,3)6-5-8-7-9(13)10(16-8)11(14)15-4/h9,16,18,20H,7-8,10-12,15H2,1-6H3;8,15,17,19H,6-7,9-11,14H2,1-5H3,(H,30,31);11,13,19H,6-7,10H2,1-5H3;7H,1-4H3/t18-,20+;17-,19+;13-;/m110./s1. The number of allylic oxidation sites excluding steroid dienone is 4. The number of carboxylic acid groups (broad SMARTS) is 1. The van der Waals surface area contributed by atoms with E-state index in [1.807, 2.05) is 95.2 Å². The zero-order chi connectivity index (χ0) is 78.2. The summed E-state index contributed by atoms with van der Waals surface area (Å²) in [5, 5.41) is 13.1. The topological polar surface area (TPSA) is 230 Å². The average Bonchev–Trinajstić information content (AvgIpc) is 1.74. The summed E-state index contributed by atoms with van der Waals surface area (Å²) in [6.45, 7) is 30.4. The number of piperidine rings is 3. The highest BCUT2D eigenvalue weighted by Gasteiger charge is 2.43. The first-order valence-electron chi connectivity index (χ1n) is 35.3. The van der Waals surface area contributed by atoms with Crippen LogP contribution >= 0.6 is 61.3 Å². The SMILES string of the molecule is CC1=CC[C@@H](C(=O)N(c2cc(C#CC(C)(C)C)sc2C(=O)O)[C@H]2CCCN(C)C2=O)CC1.COC(=O)c1sc(C#CC(C)(C)C)cc1Br.COC(=O)c1sc(C#CC(C)(C)C)cc1N(C(=O)[C@@H]1CC=C(C)CC1)[C@H]1CCCN(C)C1=O.COC(=O)c1sc(C#CC(C)(C)C)cc1N[C@H]1CCCN(C)C1=O. The second-order valence-electron chi connectivity index (χ2n) is 31.0. The number of amides is 5. The first-order chi connectivity index (χ1) is 49.0. The molecular formula is C81H103BrN6O13S4. The minimum Gasteiger partial charge on any atom is -0.477 e. The van der Waals surface area contributed by atoms with Crippen LogP contribution in [0.5, 0.6) is 0 Å². The number of methoxy groups -OCH3 is 3. The highest BCUT2D eigenvalue weighted by Crippen LogP contribution is 2.40. The van der Waals surface area contributed by atoms with Crippen molar-refractivity contribution in [3.8, 4) is 47.4 Å². The van der Waals surface area contributed by atoms with Gasteiger partial charge in [-0.3, -0.25) is 33.8 Å². The Morgan fingerprint density at radius 3 is 1.23 bits per heavy atom. The molecule has 4 aromatic rings. The number of hydrogen-bond donors (Lipinski definition) is 2. The number of anilines is 3. The van der Waals surface area contributed by atoms with Gasteiger partial charge in [0.25, 0.3) is 0 Å². The lowest BCUT2D eigenvalue weighted by molar-refractivity contribution is -0.136. The van der Waals surface area contributed by atoms with Crippen molar-refractivity contribution in [2.45, 2.75) is 192 Å². The van der Waals surface area contributed by atoms with Gasteiger partial charge in [-0.15, -0.1) is 45.3 Å². The van der Waals surface area contributed by atoms with Crippen LogP contribution in [0.15, 0.2) is 52.0 Å². The Balaban J connectivity index is 0.000000226. The van der Waals surface area contributed by atoms with Gasteiger partial charge in [-0.2, -0.15) is 0 Å². The molecule has 3 aliphatic heterocycles. The molecule has 4 aromatic heterocycles. The molecule has 5 amide bonds. The van der Waals surface area contributed by atoms with Crippen molar-refractivity contribution >= 4 is 132 Å². The molecule has 2 aliphatic carbocycles. The predicted molar refractivity (Wildman–Crippen MR) is 424 cm³/mol. The minimum absolute atomic E-state index is 0.0398. The molecule has 24 heteroatoms. The minimum atomic E-state index is -1.11. The second kappa shape index (κ2) is 37.5. The van der Waals surface area contributed by atoms with Crippen LogP contribution in [0.3, 0.4) is 0 Å². The lowest BCUT2D eigenvalue weighted by Crippen LogP contribution is -2.55. The Morgan fingerprint density at radius 1 is 0.495 bits per heavy atom. The van der Waals surface area contributed by atoms with Crippen LogP contribution in [0.25, 0.3) is 0 Å². The van der Waals surface area contributed by atoms with Gasteiger partial charge < -0.3 is 39.3 Å². The number of nitrogens with zero attached hydrogens (tertiary/aromatic N) is 5. The number of nitrogens with one attached hydrogen (secondary N) is 1. The Labute approximate surface area is 645 Å². The lowest BCUT2D eigenvalue weighted by Gasteiger charge is -2.38. The third-order valence-electron chi connectivity index (χ3n) is 17.2. The summed E-state index contributed by atoms with van der Waals surface area (Å²) in [7, 11) is 9.34. The predicted octanol–water partition coefficient (Wildman–Crippen LogP) is 15.8. The molecule has 0 aromatic carbocycles. The number of ether oxygens (including phenoxy) is 3. The van der Waals surface area contributed by atoms with Crippen molar-refractivity contribution in [1.82, 2.24) is 14.7 Å². The van der Waals surface area contributed by atoms with Crippen LogP contribution < -0.4 is 15.1 Å². The molecule has 0 radical (unpaired) electrons. The molecule has 0 unspecified atom stereocenters. The van der Waals surface area contributed by atoms with Crippen molar-refractivity contribution in [2.75, 3.05) is 77.2 Å². The van der Waals surface area contributed by atoms with Crippen molar-refractivity contribution in [2.24, 2.45) is 33.5 Å². The molecule has 3 fully saturated rings. The molecule has 5 aliphatic rings. The van der Waals surface area contributed by atoms with Gasteiger partial charge in [0, 0.05) is 78.7 Å². The van der Waals surface area contributed by atoms with Gasteiger partial charge in [0.2, 0.25) is 29.5 Å². The zero-order valence-corrected chi connectivity index (χ0v) is 69.4. The van der Waals surface area contributed by atoms with Gasteiger partial charge in [-0.05, 0) is 214 Å². The van der Waals surface area contributed by atoms with Crippen LogP contribution in [0.4, 0.5) is 17.1 Å². The number of esters is 3. The molecule has 0 bridgehead atoms. The van der Waals surface area contributed by atoms with Crippen molar-refractivity contribution < 1.29 is 62.5 Å². The summed E-state index contributed by atoms with van der Waals surface area (Å²) in [5.74, 6) is 21.7. The molecule has 566 valence electrons. The highest BCUT2D eigenvalue weighted by atomic mass is 79.9. The van der Waals surface area contributed by atoms with Crippen LogP contribution in [0.1, 0.15) is 232 Å². The quantitative estimate of drug-likeness (QED) is 0.0582. The number of likely N-dealkylation sites (N-methyl/N-ethyl adjacent to an activating group) is 3. The van der Waals surface area contributed by atoms with Crippen molar-refractivity contribution in [3.05, 3.63) is 91.1 Å². The van der Waals surface area contributed by atoms with E-state index in [4.69, 9.17) is 9.47 Å². The lowest BCUT2D eigenvalue weighted by atomic mass is 9.88. The molecule has 0 saturated carbocycles. The van der Waals surface area contributed by atoms with E-state index in [1.54, 1.807) is 52.9 Å². The van der Waals surface area contributed by atoms with E-state index in [9.17, 15) is 48.3 Å². The number of likely N-dealkylation sites (tertiary alicyclic amines) is 3. The number of carbonyl (C=O) groups is 9. The fraction of sp³-hybridized carbons (Fsp3) is 0.543. The van der Waals surface area contributed by atoms with E-state index in [0.29, 0.717) is 86.6 Å². The smallest absolute Gasteiger partial charge is 0.350 e. The van der Waals surface area contributed by atoms with Gasteiger partial charge in [0.1, 0.15) is 37.6 Å². The first kappa shape index (κ1) is 86.0. The summed E-state index contributed by atoms with van der Waals surface area (Å²) >= 11 is 8.22. The van der Waals surface area contributed by atoms with Crippen molar-refractivity contribution in [3.63, 3.8) is 0 Å².